The van der Waals surface area contributed by atoms with Crippen molar-refractivity contribution in [3.05, 3.63) is 0 Å². The van der Waals surface area contributed by atoms with E-state index in [9.17, 15) is 0 Å². The van der Waals surface area contributed by atoms with Crippen molar-refractivity contribution in [1.82, 2.24) is 0 Å². The monoisotopic (exact) mass is 269 g/mol. The summed E-state index contributed by atoms with van der Waals surface area (Å²) in [5.74, 6) is 0. The number of ether oxygens (including phenoxy) is 1. The van der Waals surface area contributed by atoms with Crippen LogP contribution in [0.4, 0.5) is 0 Å². The normalized spacial score (nSPS) is 7.00. The predicted octanol–water partition coefficient (Wildman–Crippen LogP) is 1.04. The fourth-order valence-corrected chi connectivity index (χ4v) is 0.204. The summed E-state index contributed by atoms with van der Waals surface area (Å²) in [4.78, 5) is 0. The van der Waals surface area contributed by atoms with Crippen molar-refractivity contribution < 1.29 is 25.8 Å². The smallest absolute Gasteiger partial charge is 0.0437 e. The summed E-state index contributed by atoms with van der Waals surface area (Å²) in [6, 6.07) is 0. The first-order valence-electron chi connectivity index (χ1n) is 1.99. The minimum Gasteiger partial charge on any atom is -0.382 e. The van der Waals surface area contributed by atoms with Crippen LogP contribution in [-0.4, -0.2) is 13.2 Å². The summed E-state index contributed by atoms with van der Waals surface area (Å²) in [7, 11) is 0. The predicted molar refractivity (Wildman–Crippen MR) is 22.2 cm³/mol. The SMILES string of the molecule is CCOCC.[Pt]. The van der Waals surface area contributed by atoms with Crippen LogP contribution < -0.4 is 0 Å². The van der Waals surface area contributed by atoms with E-state index in [1.54, 1.807) is 0 Å². The zero-order chi connectivity index (χ0) is 4.12. The van der Waals surface area contributed by atoms with E-state index >= 15 is 0 Å². The van der Waals surface area contributed by atoms with Crippen molar-refractivity contribution in [2.75, 3.05) is 13.2 Å². The minimum atomic E-state index is 0. The Morgan fingerprint density at radius 2 is 1.50 bits per heavy atom. The van der Waals surface area contributed by atoms with E-state index in [-0.39, 0.29) is 21.1 Å². The Bertz CT molecular complexity index is 15.0. The second-order valence-electron chi connectivity index (χ2n) is 0.781. The molecule has 6 heavy (non-hydrogen) atoms. The van der Waals surface area contributed by atoms with Gasteiger partial charge in [0.2, 0.25) is 0 Å². The van der Waals surface area contributed by atoms with Gasteiger partial charge in [0.05, 0.1) is 0 Å². The van der Waals surface area contributed by atoms with Crippen molar-refractivity contribution in [2.24, 2.45) is 0 Å². The van der Waals surface area contributed by atoms with Gasteiger partial charge in [-0.05, 0) is 13.8 Å². The molecule has 0 aromatic heterocycles. The maximum Gasteiger partial charge on any atom is 0.0437 e. The summed E-state index contributed by atoms with van der Waals surface area (Å²) in [6.45, 7) is 5.67. The summed E-state index contributed by atoms with van der Waals surface area (Å²) >= 11 is 0. The van der Waals surface area contributed by atoms with Crippen LogP contribution in [0, 0.1) is 0 Å². The third-order valence-electron chi connectivity index (χ3n) is 0.408. The van der Waals surface area contributed by atoms with Gasteiger partial charge in [-0.3, -0.25) is 0 Å². The van der Waals surface area contributed by atoms with Gasteiger partial charge in [-0.25, -0.2) is 0 Å². The molecule has 0 radical (unpaired) electrons. The van der Waals surface area contributed by atoms with Gasteiger partial charge in [-0.1, -0.05) is 0 Å². The molecule has 0 heterocycles. The van der Waals surface area contributed by atoms with Crippen molar-refractivity contribution in [3.8, 4) is 0 Å². The topological polar surface area (TPSA) is 9.23 Å². The van der Waals surface area contributed by atoms with E-state index in [1.807, 2.05) is 13.8 Å². The zero-order valence-electron chi connectivity index (χ0n) is 4.14. The first-order chi connectivity index (χ1) is 2.41. The quantitative estimate of drug-likeness (QED) is 0.728. The Balaban J connectivity index is 0. The average Bonchev–Trinajstić information content (AvgIpc) is 1.41. The second-order valence-corrected chi connectivity index (χ2v) is 0.781. The first kappa shape index (κ1) is 9.82. The maximum atomic E-state index is 4.83. The van der Waals surface area contributed by atoms with Crippen molar-refractivity contribution in [2.45, 2.75) is 13.8 Å². The van der Waals surface area contributed by atoms with Gasteiger partial charge < -0.3 is 4.74 Å². The average molecular weight is 269 g/mol. The molecule has 2 heteroatoms. The minimum absolute atomic E-state index is 0. The molecular formula is C4H10OPt. The molecule has 0 fully saturated rings. The van der Waals surface area contributed by atoms with E-state index in [0.717, 1.165) is 13.2 Å². The molecule has 0 rings (SSSR count). The van der Waals surface area contributed by atoms with Gasteiger partial charge >= 0.3 is 0 Å². The van der Waals surface area contributed by atoms with E-state index in [2.05, 4.69) is 0 Å². The summed E-state index contributed by atoms with van der Waals surface area (Å²) in [6.07, 6.45) is 0. The van der Waals surface area contributed by atoms with Gasteiger partial charge in [-0.2, -0.15) is 0 Å². The Labute approximate surface area is 53.3 Å². The standard InChI is InChI=1S/C4H10O.Pt/c1-3-5-4-2;/h3-4H2,1-2H3;. The molecule has 0 aliphatic heterocycles. The van der Waals surface area contributed by atoms with Crippen LogP contribution in [0.25, 0.3) is 0 Å². The molecule has 0 atom stereocenters. The van der Waals surface area contributed by atoms with Crippen molar-refractivity contribution >= 4 is 0 Å². The zero-order valence-corrected chi connectivity index (χ0v) is 6.41. The van der Waals surface area contributed by atoms with E-state index in [0.29, 0.717) is 0 Å². The first-order valence-corrected chi connectivity index (χ1v) is 1.99. The van der Waals surface area contributed by atoms with E-state index in [4.69, 9.17) is 4.74 Å². The van der Waals surface area contributed by atoms with Gasteiger partial charge in [0, 0.05) is 34.3 Å². The van der Waals surface area contributed by atoms with Crippen LogP contribution in [-0.2, 0) is 25.8 Å². The molecule has 0 aromatic carbocycles. The third kappa shape index (κ3) is 8.82. The second kappa shape index (κ2) is 9.17. The number of hydrogen-bond donors (Lipinski definition) is 0. The molecule has 0 aliphatic carbocycles. The summed E-state index contributed by atoms with van der Waals surface area (Å²) < 4.78 is 4.83. The Hall–Kier alpha value is 0.648. The summed E-state index contributed by atoms with van der Waals surface area (Å²) in [5.41, 5.74) is 0. The fraction of sp³-hybridized carbons (Fsp3) is 1.00. The third-order valence-corrected chi connectivity index (χ3v) is 0.408. The van der Waals surface area contributed by atoms with Crippen molar-refractivity contribution in [3.63, 3.8) is 0 Å². The molecular weight excluding hydrogens is 259 g/mol. The molecule has 0 aromatic rings. The molecule has 0 aliphatic rings. The molecule has 0 saturated carbocycles. The van der Waals surface area contributed by atoms with Gasteiger partial charge in [0.15, 0.2) is 0 Å². The Morgan fingerprint density at radius 3 is 1.50 bits per heavy atom. The summed E-state index contributed by atoms with van der Waals surface area (Å²) in [5, 5.41) is 0. The molecule has 1 nitrogen and oxygen atoms in total. The van der Waals surface area contributed by atoms with Crippen LogP contribution >= 0.6 is 0 Å². The van der Waals surface area contributed by atoms with Crippen LogP contribution in [0.2, 0.25) is 0 Å². The molecule has 0 bridgehead atoms. The fourth-order valence-electron chi connectivity index (χ4n) is 0.204. The number of rotatable bonds is 2. The van der Waals surface area contributed by atoms with Crippen LogP contribution in [0.15, 0.2) is 0 Å². The molecule has 42 valence electrons. The van der Waals surface area contributed by atoms with E-state index < -0.39 is 0 Å². The molecule has 0 spiro atoms. The van der Waals surface area contributed by atoms with Gasteiger partial charge in [0.1, 0.15) is 0 Å². The van der Waals surface area contributed by atoms with E-state index in [1.165, 1.54) is 0 Å². The Morgan fingerprint density at radius 1 is 1.17 bits per heavy atom. The number of hydrogen-bond acceptors (Lipinski definition) is 1. The molecule has 0 N–H and O–H groups in total. The molecule has 0 saturated heterocycles. The maximum absolute atomic E-state index is 4.83. The van der Waals surface area contributed by atoms with Crippen LogP contribution in [0.5, 0.6) is 0 Å². The molecule has 0 amide bonds. The Kier molecular flexibility index (Phi) is 15.0. The van der Waals surface area contributed by atoms with Crippen LogP contribution in [0.1, 0.15) is 13.8 Å². The largest absolute Gasteiger partial charge is 0.382 e. The van der Waals surface area contributed by atoms with Gasteiger partial charge in [0.25, 0.3) is 0 Å². The van der Waals surface area contributed by atoms with Crippen molar-refractivity contribution in [1.29, 1.82) is 0 Å². The van der Waals surface area contributed by atoms with Gasteiger partial charge in [-0.15, -0.1) is 0 Å². The molecule has 0 unspecified atom stereocenters. The van der Waals surface area contributed by atoms with Crippen LogP contribution in [0.3, 0.4) is 0 Å².